The highest BCUT2D eigenvalue weighted by molar-refractivity contribution is 5.82. The largest absolute Gasteiger partial charge is 0.457 e. The van der Waals surface area contributed by atoms with Gasteiger partial charge in [-0.05, 0) is 70.2 Å². The Hall–Kier alpha value is -2.81. The molecule has 0 aliphatic rings. The second-order valence-corrected chi connectivity index (χ2v) is 6.58. The van der Waals surface area contributed by atoms with Crippen LogP contribution >= 0.6 is 0 Å². The highest BCUT2D eigenvalue weighted by atomic mass is 16.5. The van der Waals surface area contributed by atoms with Gasteiger partial charge >= 0.3 is 0 Å². The lowest BCUT2D eigenvalue weighted by Crippen LogP contribution is -2.00. The predicted octanol–water partition coefficient (Wildman–Crippen LogP) is 6.23. The summed E-state index contributed by atoms with van der Waals surface area (Å²) in [6.07, 6.45) is 4.04. The van der Waals surface area contributed by atoms with Crippen LogP contribution in [0.25, 0.3) is 0 Å². The van der Waals surface area contributed by atoms with Gasteiger partial charge in [-0.2, -0.15) is 0 Å². The molecule has 0 radical (unpaired) electrons. The maximum Gasteiger partial charge on any atom is 0.127 e. The van der Waals surface area contributed by atoms with Crippen molar-refractivity contribution in [3.8, 4) is 11.5 Å². The number of hydrogen-bond donors (Lipinski definition) is 0. The number of ether oxygens (including phenoxy) is 1. The van der Waals surface area contributed by atoms with E-state index >= 15 is 0 Å². The van der Waals surface area contributed by atoms with Crippen molar-refractivity contribution in [2.45, 2.75) is 33.7 Å². The molecule has 3 rings (SSSR count). The van der Waals surface area contributed by atoms with Crippen LogP contribution in [-0.4, -0.2) is 10.8 Å². The van der Waals surface area contributed by atoms with E-state index in [1.54, 1.807) is 0 Å². The molecule has 0 saturated heterocycles. The molecule has 2 aromatic carbocycles. The monoisotopic (exact) mass is 332 g/mol. The second-order valence-electron chi connectivity index (χ2n) is 6.58. The van der Waals surface area contributed by atoms with Crippen molar-refractivity contribution in [2.75, 3.05) is 0 Å². The van der Waals surface area contributed by atoms with Gasteiger partial charge in [0.15, 0.2) is 0 Å². The summed E-state index contributed by atoms with van der Waals surface area (Å²) in [6, 6.07) is 18.5. The zero-order valence-electron chi connectivity index (χ0n) is 15.2. The number of rotatable bonds is 5. The van der Waals surface area contributed by atoms with Gasteiger partial charge < -0.3 is 9.30 Å². The van der Waals surface area contributed by atoms with Crippen molar-refractivity contribution in [3.05, 3.63) is 77.6 Å². The fraction of sp³-hybridized carbons (Fsp3) is 0.227. The standard InChI is InChI=1S/C22H24N2O/c1-16(2)24-15-19(13-18(24)4)14-23-20-7-11-22(12-8-20)25-21-9-5-17(3)6-10-21/h5-16H,1-4H3. The topological polar surface area (TPSA) is 26.5 Å². The van der Waals surface area contributed by atoms with E-state index in [0.29, 0.717) is 6.04 Å². The van der Waals surface area contributed by atoms with Crippen molar-refractivity contribution in [1.29, 1.82) is 0 Å². The van der Waals surface area contributed by atoms with Crippen molar-refractivity contribution in [1.82, 2.24) is 4.57 Å². The summed E-state index contributed by atoms with van der Waals surface area (Å²) < 4.78 is 8.09. The van der Waals surface area contributed by atoms with Gasteiger partial charge in [-0.25, -0.2) is 0 Å². The van der Waals surface area contributed by atoms with Crippen LogP contribution in [0.2, 0.25) is 0 Å². The summed E-state index contributed by atoms with van der Waals surface area (Å²) >= 11 is 0. The van der Waals surface area contributed by atoms with E-state index in [9.17, 15) is 0 Å². The summed E-state index contributed by atoms with van der Waals surface area (Å²) in [7, 11) is 0. The maximum absolute atomic E-state index is 5.84. The minimum atomic E-state index is 0.459. The molecule has 3 aromatic rings. The van der Waals surface area contributed by atoms with Gasteiger partial charge in [-0.15, -0.1) is 0 Å². The molecule has 0 fully saturated rings. The maximum atomic E-state index is 5.84. The zero-order chi connectivity index (χ0) is 17.8. The third-order valence-corrected chi connectivity index (χ3v) is 4.08. The first-order valence-corrected chi connectivity index (χ1v) is 8.58. The molecule has 3 nitrogen and oxygen atoms in total. The van der Waals surface area contributed by atoms with Gasteiger partial charge in [0.05, 0.1) is 5.69 Å². The van der Waals surface area contributed by atoms with E-state index in [1.807, 2.05) is 54.7 Å². The first-order chi connectivity index (χ1) is 12.0. The Kier molecular flexibility index (Phi) is 5.03. The predicted molar refractivity (Wildman–Crippen MR) is 105 cm³/mol. The minimum Gasteiger partial charge on any atom is -0.457 e. The van der Waals surface area contributed by atoms with Crippen LogP contribution in [0.4, 0.5) is 5.69 Å². The highest BCUT2D eigenvalue weighted by Gasteiger charge is 2.03. The molecule has 3 heteroatoms. The first-order valence-electron chi connectivity index (χ1n) is 8.58. The Bertz CT molecular complexity index is 856. The number of nitrogens with zero attached hydrogens (tertiary/aromatic N) is 2. The van der Waals surface area contributed by atoms with Crippen LogP contribution in [0.3, 0.4) is 0 Å². The quantitative estimate of drug-likeness (QED) is 0.509. The van der Waals surface area contributed by atoms with E-state index < -0.39 is 0 Å². The zero-order valence-corrected chi connectivity index (χ0v) is 15.2. The van der Waals surface area contributed by atoms with Gasteiger partial charge in [0.1, 0.15) is 11.5 Å². The summed E-state index contributed by atoms with van der Waals surface area (Å²) in [4.78, 5) is 4.56. The van der Waals surface area contributed by atoms with Gasteiger partial charge in [0, 0.05) is 29.7 Å². The van der Waals surface area contributed by atoms with Crippen molar-refractivity contribution < 1.29 is 4.74 Å². The lowest BCUT2D eigenvalue weighted by Gasteiger charge is -2.08. The molecule has 0 aliphatic heterocycles. The number of benzene rings is 2. The summed E-state index contributed by atoms with van der Waals surface area (Å²) in [6.45, 7) is 8.55. The number of aliphatic imine (C=N–C) groups is 1. The van der Waals surface area contributed by atoms with Crippen molar-refractivity contribution in [2.24, 2.45) is 4.99 Å². The van der Waals surface area contributed by atoms with Crippen LogP contribution in [0.5, 0.6) is 11.5 Å². The lowest BCUT2D eigenvalue weighted by atomic mass is 10.2. The Labute approximate surface area is 149 Å². The van der Waals surface area contributed by atoms with Crippen LogP contribution in [-0.2, 0) is 0 Å². The minimum absolute atomic E-state index is 0.459. The smallest absolute Gasteiger partial charge is 0.127 e. The van der Waals surface area contributed by atoms with Crippen molar-refractivity contribution in [3.63, 3.8) is 0 Å². The van der Waals surface area contributed by atoms with Crippen LogP contribution in [0, 0.1) is 13.8 Å². The summed E-state index contributed by atoms with van der Waals surface area (Å²) in [5.41, 5.74) is 4.49. The summed E-state index contributed by atoms with van der Waals surface area (Å²) in [5, 5.41) is 0. The molecule has 25 heavy (non-hydrogen) atoms. The fourth-order valence-corrected chi connectivity index (χ4v) is 2.73. The molecule has 1 heterocycles. The molecule has 0 saturated carbocycles. The Morgan fingerprint density at radius 1 is 0.920 bits per heavy atom. The molecule has 0 amide bonds. The van der Waals surface area contributed by atoms with Crippen molar-refractivity contribution >= 4 is 11.9 Å². The molecule has 0 unspecified atom stereocenters. The Balaban J connectivity index is 1.68. The molecule has 128 valence electrons. The van der Waals surface area contributed by atoms with E-state index in [0.717, 1.165) is 22.7 Å². The van der Waals surface area contributed by atoms with Crippen LogP contribution in [0.1, 0.15) is 36.7 Å². The molecule has 0 aliphatic carbocycles. The van der Waals surface area contributed by atoms with E-state index in [1.165, 1.54) is 11.3 Å². The third kappa shape index (κ3) is 4.38. The number of hydrogen-bond acceptors (Lipinski definition) is 2. The van der Waals surface area contributed by atoms with E-state index in [4.69, 9.17) is 4.74 Å². The average Bonchev–Trinajstić information content (AvgIpc) is 2.97. The molecule has 1 aromatic heterocycles. The summed E-state index contributed by atoms with van der Waals surface area (Å²) in [5.74, 6) is 1.65. The lowest BCUT2D eigenvalue weighted by molar-refractivity contribution is 0.482. The van der Waals surface area contributed by atoms with Crippen LogP contribution in [0.15, 0.2) is 65.8 Å². The average molecular weight is 332 g/mol. The fourth-order valence-electron chi connectivity index (χ4n) is 2.73. The molecule has 0 N–H and O–H groups in total. The van der Waals surface area contributed by atoms with E-state index in [2.05, 4.69) is 49.5 Å². The molecule has 0 atom stereocenters. The van der Waals surface area contributed by atoms with Gasteiger partial charge in [-0.1, -0.05) is 17.7 Å². The van der Waals surface area contributed by atoms with Gasteiger partial charge in [-0.3, -0.25) is 4.99 Å². The third-order valence-electron chi connectivity index (χ3n) is 4.08. The Morgan fingerprint density at radius 3 is 2.08 bits per heavy atom. The van der Waals surface area contributed by atoms with Gasteiger partial charge in [0.25, 0.3) is 0 Å². The van der Waals surface area contributed by atoms with Gasteiger partial charge in [0.2, 0.25) is 0 Å². The first kappa shape index (κ1) is 17.0. The molecular formula is C22H24N2O. The second kappa shape index (κ2) is 7.39. The normalized spacial score (nSPS) is 11.4. The number of aryl methyl sites for hydroxylation is 2. The number of aromatic nitrogens is 1. The molecular weight excluding hydrogens is 308 g/mol. The highest BCUT2D eigenvalue weighted by Crippen LogP contribution is 2.24. The molecule has 0 bridgehead atoms. The Morgan fingerprint density at radius 2 is 1.52 bits per heavy atom. The molecule has 0 spiro atoms. The SMILES string of the molecule is Cc1ccc(Oc2ccc(N=Cc3cc(C)n(C(C)C)c3)cc2)cc1. The van der Waals surface area contributed by atoms with E-state index in [-0.39, 0.29) is 0 Å². The van der Waals surface area contributed by atoms with Crippen LogP contribution < -0.4 is 4.74 Å².